The first-order valence-electron chi connectivity index (χ1n) is 18.5. The van der Waals surface area contributed by atoms with Crippen LogP contribution in [0.25, 0.3) is 0 Å². The number of hydrogen-bond acceptors (Lipinski definition) is 8. The highest BCUT2D eigenvalue weighted by atomic mass is 28.4. The minimum absolute atomic E-state index is 0.595. The van der Waals surface area contributed by atoms with Crippen LogP contribution in [0.2, 0.25) is 90.7 Å². The van der Waals surface area contributed by atoms with Gasteiger partial charge in [-0.2, -0.15) is 0 Å². The highest BCUT2D eigenvalue weighted by Gasteiger charge is 2.36. The maximum absolute atomic E-state index is 6.47. The molecule has 0 amide bonds. The Bertz CT molecular complexity index is 720. The van der Waals surface area contributed by atoms with Gasteiger partial charge in [0.05, 0.1) is 39.6 Å². The van der Waals surface area contributed by atoms with E-state index in [-0.39, 0.29) is 0 Å². The van der Waals surface area contributed by atoms with Crippen molar-refractivity contribution in [3.8, 4) is 0 Å². The van der Waals surface area contributed by atoms with E-state index in [4.69, 9.17) is 35.1 Å². The molecule has 0 aliphatic heterocycles. The van der Waals surface area contributed by atoms with Gasteiger partial charge in [-0.1, -0.05) is 65.0 Å². The largest absolute Gasteiger partial charge is 0.439 e. The van der Waals surface area contributed by atoms with E-state index in [1.165, 1.54) is 44.2 Å². The number of rotatable bonds is 28. The van der Waals surface area contributed by atoms with Gasteiger partial charge in [0.2, 0.25) is 0 Å². The quantitative estimate of drug-likeness (QED) is 0.0441. The van der Waals surface area contributed by atoms with Crippen molar-refractivity contribution < 1.29 is 35.1 Å². The molecule has 0 radical (unpaired) electrons. The van der Waals surface area contributed by atoms with Gasteiger partial charge in [0, 0.05) is 6.61 Å². The summed E-state index contributed by atoms with van der Waals surface area (Å²) < 4.78 is 46.9. The van der Waals surface area contributed by atoms with E-state index in [2.05, 4.69) is 112 Å². The number of unbranched alkanes of at least 4 members (excludes halogenated alkanes) is 3. The van der Waals surface area contributed by atoms with Gasteiger partial charge >= 0.3 is 25.7 Å². The lowest BCUT2D eigenvalue weighted by atomic mass is 10.4. The Kier molecular flexibility index (Phi) is 33.0. The van der Waals surface area contributed by atoms with Crippen LogP contribution >= 0.6 is 0 Å². The molecule has 0 saturated carbocycles. The summed E-state index contributed by atoms with van der Waals surface area (Å²) in [5, 5.41) is 0. The molecular weight excluding hydrogens is 705 g/mol. The van der Waals surface area contributed by atoms with Crippen molar-refractivity contribution >= 4 is 51.4 Å². The second kappa shape index (κ2) is 30.0. The molecule has 0 aliphatic carbocycles. The second-order valence-electron chi connectivity index (χ2n) is 14.9. The zero-order chi connectivity index (χ0) is 37.8. The first-order valence-corrected chi connectivity index (χ1v) is 36.0. The third kappa shape index (κ3) is 39.3. The fraction of sp³-hybridized carbons (Fsp3) is 0.882. The zero-order valence-corrected chi connectivity index (χ0v) is 40.7. The summed E-state index contributed by atoms with van der Waals surface area (Å²) in [6.07, 6.45) is 10.7. The lowest BCUT2D eigenvalue weighted by molar-refractivity contribution is 0.0710. The standard InChI is InChI=1S/C18H46O4Si4.C8H22O2Si2.C8H14O2/c1-11-13-17-23(3,4)21-25(7,8)19-15-16-20-26(9,10)22-24(5,6)18-14-12-2;1-6-7-8-9-12(4,5)10-11(2)3;1-3-5-9-7-8-10-6-4-2/h11-18H2,1-10H3;11H,6-8H2,1-5H3;3-4H,1-2,5-8H2. The summed E-state index contributed by atoms with van der Waals surface area (Å²) in [5.74, 6) is 0. The second-order valence-corrected chi connectivity index (χ2v) is 36.9. The molecular formula is C34H82O8Si6. The Morgan fingerprint density at radius 2 is 0.854 bits per heavy atom. The molecule has 0 aromatic heterocycles. The molecule has 0 fully saturated rings. The van der Waals surface area contributed by atoms with Crippen LogP contribution in [-0.2, 0) is 35.1 Å². The monoisotopic (exact) mass is 786 g/mol. The van der Waals surface area contributed by atoms with Gasteiger partial charge in [-0.05, 0) is 97.1 Å². The number of hydrogen-bond donors (Lipinski definition) is 0. The predicted molar refractivity (Wildman–Crippen MR) is 224 cm³/mol. The third-order valence-corrected chi connectivity index (χ3v) is 24.9. The van der Waals surface area contributed by atoms with Crippen LogP contribution in [0.15, 0.2) is 25.3 Å². The fourth-order valence-electron chi connectivity index (χ4n) is 4.79. The van der Waals surface area contributed by atoms with Gasteiger partial charge in [0.15, 0.2) is 25.7 Å². The summed E-state index contributed by atoms with van der Waals surface area (Å²) in [5.41, 5.74) is 0. The lowest BCUT2D eigenvalue weighted by Gasteiger charge is -2.35. The van der Waals surface area contributed by atoms with Crippen LogP contribution in [-0.4, -0.2) is 97.6 Å². The van der Waals surface area contributed by atoms with Gasteiger partial charge in [0.25, 0.3) is 0 Å². The van der Waals surface area contributed by atoms with Crippen LogP contribution in [0, 0.1) is 0 Å². The van der Waals surface area contributed by atoms with Crippen molar-refractivity contribution in [2.24, 2.45) is 0 Å². The Balaban J connectivity index is -0.000000755. The summed E-state index contributed by atoms with van der Waals surface area (Å²) in [6.45, 7) is 44.7. The molecule has 48 heavy (non-hydrogen) atoms. The van der Waals surface area contributed by atoms with Crippen molar-refractivity contribution in [2.75, 3.05) is 46.2 Å². The third-order valence-electron chi connectivity index (χ3n) is 6.60. The highest BCUT2D eigenvalue weighted by molar-refractivity contribution is 6.82. The van der Waals surface area contributed by atoms with E-state index in [1.54, 1.807) is 12.2 Å². The molecule has 0 saturated heterocycles. The van der Waals surface area contributed by atoms with Crippen molar-refractivity contribution in [2.45, 2.75) is 150 Å². The van der Waals surface area contributed by atoms with Crippen molar-refractivity contribution in [1.82, 2.24) is 0 Å². The van der Waals surface area contributed by atoms with Gasteiger partial charge in [0.1, 0.15) is 0 Å². The lowest BCUT2D eigenvalue weighted by Crippen LogP contribution is -2.48. The average molecular weight is 788 g/mol. The topological polar surface area (TPSA) is 73.8 Å². The molecule has 0 aromatic rings. The van der Waals surface area contributed by atoms with Crippen molar-refractivity contribution in [1.29, 1.82) is 0 Å². The average Bonchev–Trinajstić information content (AvgIpc) is 2.94. The van der Waals surface area contributed by atoms with E-state index < -0.39 is 51.4 Å². The predicted octanol–water partition coefficient (Wildman–Crippen LogP) is 10.4. The number of ether oxygens (including phenoxy) is 2. The zero-order valence-electron chi connectivity index (χ0n) is 34.5. The summed E-state index contributed by atoms with van der Waals surface area (Å²) in [7, 11) is -10.1. The van der Waals surface area contributed by atoms with Gasteiger partial charge in [-0.15, -0.1) is 13.2 Å². The Hall–Kier alpha value is 0.461. The first-order chi connectivity index (χ1) is 22.1. The summed E-state index contributed by atoms with van der Waals surface area (Å²) in [6, 6.07) is 2.43. The molecule has 8 nitrogen and oxygen atoms in total. The molecule has 0 aromatic carbocycles. The van der Waals surface area contributed by atoms with Crippen LogP contribution in [0.3, 0.4) is 0 Å². The van der Waals surface area contributed by atoms with Gasteiger partial charge in [-0.25, -0.2) is 0 Å². The molecule has 290 valence electrons. The molecule has 0 atom stereocenters. The summed E-state index contributed by atoms with van der Waals surface area (Å²) >= 11 is 0. The van der Waals surface area contributed by atoms with E-state index in [9.17, 15) is 0 Å². The van der Waals surface area contributed by atoms with Crippen molar-refractivity contribution in [3.63, 3.8) is 0 Å². The smallest absolute Gasteiger partial charge is 0.321 e. The summed E-state index contributed by atoms with van der Waals surface area (Å²) in [4.78, 5) is 0. The molecule has 0 heterocycles. The normalized spacial score (nSPS) is 12.7. The molecule has 0 unspecified atom stereocenters. The molecule has 0 N–H and O–H groups in total. The Morgan fingerprint density at radius 1 is 0.500 bits per heavy atom. The Labute approximate surface area is 306 Å². The van der Waals surface area contributed by atoms with Crippen LogP contribution < -0.4 is 0 Å². The van der Waals surface area contributed by atoms with Crippen molar-refractivity contribution in [3.05, 3.63) is 25.3 Å². The minimum Gasteiger partial charge on any atom is -0.439 e. The van der Waals surface area contributed by atoms with Crippen LogP contribution in [0.5, 0.6) is 0 Å². The van der Waals surface area contributed by atoms with Crippen LogP contribution in [0.1, 0.15) is 59.3 Å². The first kappa shape index (κ1) is 52.8. The maximum Gasteiger partial charge on any atom is 0.321 e. The molecule has 0 spiro atoms. The molecule has 0 rings (SSSR count). The molecule has 0 aliphatic rings. The molecule has 0 bridgehead atoms. The van der Waals surface area contributed by atoms with E-state index in [0.29, 0.717) is 39.6 Å². The van der Waals surface area contributed by atoms with Crippen LogP contribution in [0.4, 0.5) is 0 Å². The SMILES string of the molecule is C=CCOCCOCC=C.CCCCO[Si](C)(C)O[SiH](C)C.CCCC[Si](C)(C)O[Si](C)(C)OCCO[Si](C)(C)O[Si](C)(C)CCCC. The van der Waals surface area contributed by atoms with E-state index >= 15 is 0 Å². The van der Waals surface area contributed by atoms with Gasteiger partial charge in [-0.3, -0.25) is 0 Å². The maximum atomic E-state index is 6.47. The Morgan fingerprint density at radius 3 is 1.17 bits per heavy atom. The molecule has 14 heteroatoms. The minimum atomic E-state index is -2.08. The van der Waals surface area contributed by atoms with E-state index in [1.807, 2.05) is 0 Å². The van der Waals surface area contributed by atoms with E-state index in [0.717, 1.165) is 13.0 Å². The highest BCUT2D eigenvalue weighted by Crippen LogP contribution is 2.23. The fourth-order valence-corrected chi connectivity index (χ4v) is 25.7. The van der Waals surface area contributed by atoms with Gasteiger partial charge < -0.3 is 35.1 Å².